The van der Waals surface area contributed by atoms with E-state index in [9.17, 15) is 18.0 Å². The van der Waals surface area contributed by atoms with E-state index >= 15 is 0 Å². The first-order valence-corrected chi connectivity index (χ1v) is 14.4. The van der Waals surface area contributed by atoms with Crippen molar-refractivity contribution in [3.05, 3.63) is 63.1 Å². The maximum absolute atomic E-state index is 13.8. The van der Waals surface area contributed by atoms with Gasteiger partial charge in [-0.2, -0.15) is 0 Å². The number of benzene rings is 2. The first-order chi connectivity index (χ1) is 16.8. The van der Waals surface area contributed by atoms with Gasteiger partial charge in [-0.3, -0.25) is 13.9 Å². The van der Waals surface area contributed by atoms with Crippen LogP contribution in [0.25, 0.3) is 0 Å². The summed E-state index contributed by atoms with van der Waals surface area (Å²) in [6, 6.07) is 9.49. The predicted molar refractivity (Wildman–Crippen MR) is 147 cm³/mol. The van der Waals surface area contributed by atoms with Gasteiger partial charge in [0.25, 0.3) is 0 Å². The molecule has 0 aliphatic heterocycles. The Morgan fingerprint density at radius 2 is 1.67 bits per heavy atom. The summed E-state index contributed by atoms with van der Waals surface area (Å²) in [7, 11) is -3.81. The summed E-state index contributed by atoms with van der Waals surface area (Å²) >= 11 is 12.8. The number of hydrogen-bond acceptors (Lipinski definition) is 4. The number of nitrogens with zero attached hydrogens (tertiary/aromatic N) is 2. The number of rotatable bonds is 11. The Morgan fingerprint density at radius 3 is 2.17 bits per heavy atom. The first kappa shape index (κ1) is 29.9. The highest BCUT2D eigenvalue weighted by molar-refractivity contribution is 7.92. The molecule has 0 fully saturated rings. The standard InChI is InChI=1S/C26H35Cl2N3O4S/c1-7-23(26(33)29-14-17(2)3)30(15-20-21(27)9-8-10-22(20)28)25(32)16-31(36(6,34)35)24-12-11-18(4)13-19(24)5/h8-13,17,23H,7,14-16H2,1-6H3,(H,29,33). The molecule has 0 aliphatic rings. The lowest BCUT2D eigenvalue weighted by Gasteiger charge is -2.33. The maximum atomic E-state index is 13.8. The molecule has 0 aromatic heterocycles. The summed E-state index contributed by atoms with van der Waals surface area (Å²) < 4.78 is 26.6. The molecule has 0 radical (unpaired) electrons. The number of amides is 2. The molecule has 198 valence electrons. The van der Waals surface area contributed by atoms with Crippen molar-refractivity contribution in [2.45, 2.75) is 53.6 Å². The minimum Gasteiger partial charge on any atom is -0.354 e. The van der Waals surface area contributed by atoms with Crippen LogP contribution >= 0.6 is 23.2 Å². The lowest BCUT2D eigenvalue weighted by molar-refractivity contribution is -0.140. The summed E-state index contributed by atoms with van der Waals surface area (Å²) in [6.45, 7) is 9.37. The van der Waals surface area contributed by atoms with Gasteiger partial charge in [-0.15, -0.1) is 0 Å². The van der Waals surface area contributed by atoms with Crippen molar-refractivity contribution in [1.82, 2.24) is 10.2 Å². The van der Waals surface area contributed by atoms with Crippen LogP contribution in [0.3, 0.4) is 0 Å². The number of hydrogen-bond donors (Lipinski definition) is 1. The number of aryl methyl sites for hydroxylation is 2. The molecule has 10 heteroatoms. The Kier molecular flexibility index (Phi) is 10.6. The molecule has 0 saturated carbocycles. The fourth-order valence-corrected chi connectivity index (χ4v) is 5.30. The molecule has 1 unspecified atom stereocenters. The van der Waals surface area contributed by atoms with Gasteiger partial charge in [0.05, 0.1) is 11.9 Å². The number of sulfonamides is 1. The highest BCUT2D eigenvalue weighted by atomic mass is 35.5. The van der Waals surface area contributed by atoms with Crippen LogP contribution in [0.5, 0.6) is 0 Å². The molecule has 0 aliphatic carbocycles. The molecule has 1 atom stereocenters. The van der Waals surface area contributed by atoms with Gasteiger partial charge in [-0.1, -0.05) is 67.7 Å². The van der Waals surface area contributed by atoms with Gasteiger partial charge in [0, 0.05) is 28.7 Å². The van der Waals surface area contributed by atoms with E-state index in [1.165, 1.54) is 4.90 Å². The van der Waals surface area contributed by atoms with E-state index in [0.29, 0.717) is 34.3 Å². The van der Waals surface area contributed by atoms with Gasteiger partial charge in [-0.05, 0) is 49.9 Å². The van der Waals surface area contributed by atoms with E-state index in [0.717, 1.165) is 21.7 Å². The van der Waals surface area contributed by atoms with E-state index in [-0.39, 0.29) is 18.4 Å². The molecule has 7 nitrogen and oxygen atoms in total. The van der Waals surface area contributed by atoms with Crippen molar-refractivity contribution in [2.24, 2.45) is 5.92 Å². The number of carbonyl (C=O) groups is 2. The molecule has 0 bridgehead atoms. The van der Waals surface area contributed by atoms with Crippen LogP contribution in [-0.4, -0.2) is 50.5 Å². The molecule has 1 N–H and O–H groups in total. The Balaban J connectivity index is 2.51. The lowest BCUT2D eigenvalue weighted by Crippen LogP contribution is -2.52. The largest absolute Gasteiger partial charge is 0.354 e. The SMILES string of the molecule is CCC(C(=O)NCC(C)C)N(Cc1c(Cl)cccc1Cl)C(=O)CN(c1ccc(C)cc1C)S(C)(=O)=O. The summed E-state index contributed by atoms with van der Waals surface area (Å²) in [6.07, 6.45) is 1.38. The molecule has 0 saturated heterocycles. The third-order valence-corrected chi connectivity index (χ3v) is 7.60. The molecule has 0 heterocycles. The van der Waals surface area contributed by atoms with Crippen molar-refractivity contribution in [2.75, 3.05) is 23.7 Å². The van der Waals surface area contributed by atoms with Crippen LogP contribution in [0.15, 0.2) is 36.4 Å². The van der Waals surface area contributed by atoms with Crippen LogP contribution in [0.2, 0.25) is 10.0 Å². The van der Waals surface area contributed by atoms with Crippen LogP contribution in [0, 0.1) is 19.8 Å². The van der Waals surface area contributed by atoms with Gasteiger partial charge < -0.3 is 10.2 Å². The summed E-state index contributed by atoms with van der Waals surface area (Å²) in [5.74, 6) is -0.637. The Labute approximate surface area is 224 Å². The fourth-order valence-electron chi connectivity index (χ4n) is 3.88. The van der Waals surface area contributed by atoms with Crippen molar-refractivity contribution in [3.8, 4) is 0 Å². The van der Waals surface area contributed by atoms with Crippen molar-refractivity contribution >= 4 is 50.7 Å². The average molecular weight is 557 g/mol. The fraction of sp³-hybridized carbons (Fsp3) is 0.462. The monoisotopic (exact) mass is 555 g/mol. The van der Waals surface area contributed by atoms with Crippen molar-refractivity contribution < 1.29 is 18.0 Å². The quantitative estimate of drug-likeness (QED) is 0.424. The highest BCUT2D eigenvalue weighted by Gasteiger charge is 2.32. The number of anilines is 1. The Hall–Kier alpha value is -2.29. The second kappa shape index (κ2) is 12.8. The molecular formula is C26H35Cl2N3O4S. The molecule has 2 amide bonds. The van der Waals surface area contributed by atoms with Gasteiger partial charge in [0.15, 0.2) is 0 Å². The summed E-state index contributed by atoms with van der Waals surface area (Å²) in [5, 5.41) is 3.59. The van der Waals surface area contributed by atoms with Crippen LogP contribution in [-0.2, 0) is 26.2 Å². The summed E-state index contributed by atoms with van der Waals surface area (Å²) in [5.41, 5.74) is 2.58. The molecule has 0 spiro atoms. The smallest absolute Gasteiger partial charge is 0.244 e. The molecule has 2 rings (SSSR count). The van der Waals surface area contributed by atoms with Gasteiger partial charge in [-0.25, -0.2) is 8.42 Å². The van der Waals surface area contributed by atoms with E-state index < -0.39 is 28.5 Å². The molecule has 2 aromatic rings. The zero-order valence-corrected chi connectivity index (χ0v) is 24.0. The molecule has 36 heavy (non-hydrogen) atoms. The second-order valence-corrected chi connectivity index (χ2v) is 12.1. The number of carbonyl (C=O) groups excluding carboxylic acids is 2. The summed E-state index contributed by atoms with van der Waals surface area (Å²) in [4.78, 5) is 28.3. The number of halogens is 2. The topological polar surface area (TPSA) is 86.8 Å². The average Bonchev–Trinajstić information content (AvgIpc) is 2.77. The number of nitrogens with one attached hydrogen (secondary N) is 1. The highest BCUT2D eigenvalue weighted by Crippen LogP contribution is 2.28. The molecule has 2 aromatic carbocycles. The second-order valence-electron chi connectivity index (χ2n) is 9.34. The van der Waals surface area contributed by atoms with E-state index in [4.69, 9.17) is 23.2 Å². The van der Waals surface area contributed by atoms with Crippen LogP contribution in [0.4, 0.5) is 5.69 Å². The first-order valence-electron chi connectivity index (χ1n) is 11.8. The van der Waals surface area contributed by atoms with Gasteiger partial charge in [0.2, 0.25) is 21.8 Å². The Bertz CT molecular complexity index is 1180. The van der Waals surface area contributed by atoms with Crippen molar-refractivity contribution in [1.29, 1.82) is 0 Å². The van der Waals surface area contributed by atoms with Gasteiger partial charge in [0.1, 0.15) is 12.6 Å². The minimum absolute atomic E-state index is 0.0462. The minimum atomic E-state index is -3.81. The van der Waals surface area contributed by atoms with E-state index in [1.54, 1.807) is 44.2 Å². The third kappa shape index (κ3) is 7.85. The predicted octanol–water partition coefficient (Wildman–Crippen LogP) is 4.96. The van der Waals surface area contributed by atoms with Crippen LogP contribution < -0.4 is 9.62 Å². The zero-order valence-electron chi connectivity index (χ0n) is 21.6. The maximum Gasteiger partial charge on any atom is 0.244 e. The molecular weight excluding hydrogens is 521 g/mol. The van der Waals surface area contributed by atoms with Crippen LogP contribution in [0.1, 0.15) is 43.9 Å². The van der Waals surface area contributed by atoms with E-state index in [2.05, 4.69) is 5.32 Å². The zero-order chi connectivity index (χ0) is 27.2. The lowest BCUT2D eigenvalue weighted by atomic mass is 10.1. The van der Waals surface area contributed by atoms with E-state index in [1.807, 2.05) is 26.8 Å². The Morgan fingerprint density at radius 1 is 1.06 bits per heavy atom. The third-order valence-electron chi connectivity index (χ3n) is 5.76. The van der Waals surface area contributed by atoms with Gasteiger partial charge >= 0.3 is 0 Å². The normalized spacial score (nSPS) is 12.4. The van der Waals surface area contributed by atoms with Crippen molar-refractivity contribution in [3.63, 3.8) is 0 Å².